The van der Waals surface area contributed by atoms with Crippen molar-refractivity contribution in [3.05, 3.63) is 12.0 Å². The van der Waals surface area contributed by atoms with Crippen LogP contribution in [-0.4, -0.2) is 55.7 Å². The molecule has 0 aromatic carbocycles. The van der Waals surface area contributed by atoms with Gasteiger partial charge in [-0.3, -0.25) is 10.0 Å². The van der Waals surface area contributed by atoms with Crippen LogP contribution in [0.1, 0.15) is 6.42 Å². The lowest BCUT2D eigenvalue weighted by Crippen LogP contribution is -2.41. The predicted molar refractivity (Wildman–Crippen MR) is 61.8 cm³/mol. The fourth-order valence-electron chi connectivity index (χ4n) is 2.75. The van der Waals surface area contributed by atoms with E-state index < -0.39 is 0 Å². The molecule has 0 unspecified atom stereocenters. The van der Waals surface area contributed by atoms with Crippen LogP contribution in [0, 0.1) is 5.92 Å². The Hall–Kier alpha value is -1.07. The normalized spacial score (nSPS) is 34.1. The number of hydrogen-bond donors (Lipinski definition) is 1. The van der Waals surface area contributed by atoms with E-state index in [1.165, 1.54) is 13.0 Å². The molecule has 16 heavy (non-hydrogen) atoms. The van der Waals surface area contributed by atoms with Crippen LogP contribution in [0.15, 0.2) is 17.0 Å². The Morgan fingerprint density at radius 1 is 1.50 bits per heavy atom. The number of allylic oxidation sites excluding steroid dienone is 1. The van der Waals surface area contributed by atoms with Gasteiger partial charge in [0.1, 0.15) is 6.67 Å². The summed E-state index contributed by atoms with van der Waals surface area (Å²) in [6, 6.07) is 0.672. The molecule has 5 nitrogen and oxygen atoms in total. The molecule has 3 aliphatic heterocycles. The first-order valence-electron chi connectivity index (χ1n) is 5.87. The van der Waals surface area contributed by atoms with Crippen molar-refractivity contribution < 1.29 is 4.74 Å². The largest absolute Gasteiger partial charge is 0.494 e. The minimum atomic E-state index is 0.672. The van der Waals surface area contributed by atoms with Crippen LogP contribution in [-0.2, 0) is 4.74 Å². The molecule has 0 saturated carbocycles. The number of aliphatic imine (C=N–C) groups is 1. The molecule has 3 aliphatic rings. The van der Waals surface area contributed by atoms with Gasteiger partial charge in [0, 0.05) is 19.1 Å². The van der Waals surface area contributed by atoms with Crippen LogP contribution >= 0.6 is 0 Å². The second-order valence-electron chi connectivity index (χ2n) is 4.61. The van der Waals surface area contributed by atoms with E-state index >= 15 is 0 Å². The van der Waals surface area contributed by atoms with Gasteiger partial charge in [-0.1, -0.05) is 0 Å². The van der Waals surface area contributed by atoms with Crippen LogP contribution in [0.5, 0.6) is 0 Å². The lowest BCUT2D eigenvalue weighted by Gasteiger charge is -2.31. The minimum absolute atomic E-state index is 0.672. The summed E-state index contributed by atoms with van der Waals surface area (Å²) in [5.74, 6) is 1.64. The summed E-state index contributed by atoms with van der Waals surface area (Å²) in [5.41, 5.74) is 0. The molecule has 5 heteroatoms. The second kappa shape index (κ2) is 4.07. The lowest BCUT2D eigenvalue weighted by molar-refractivity contribution is 0.0379. The maximum atomic E-state index is 5.20. The maximum Gasteiger partial charge on any atom is 0.154 e. The van der Waals surface area contributed by atoms with Gasteiger partial charge in [-0.15, -0.1) is 0 Å². The van der Waals surface area contributed by atoms with Gasteiger partial charge in [-0.05, 0) is 18.9 Å². The highest BCUT2D eigenvalue weighted by molar-refractivity contribution is 5.76. The zero-order chi connectivity index (χ0) is 11.0. The number of nitrogens with one attached hydrogen (secondary N) is 1. The van der Waals surface area contributed by atoms with Gasteiger partial charge in [-0.2, -0.15) is 0 Å². The fourth-order valence-corrected chi connectivity index (χ4v) is 2.75. The average molecular weight is 222 g/mol. The van der Waals surface area contributed by atoms with E-state index in [4.69, 9.17) is 4.74 Å². The molecule has 0 aromatic rings. The van der Waals surface area contributed by atoms with Gasteiger partial charge in [0.15, 0.2) is 5.76 Å². The standard InChI is InChI=1S/C11H18N4O/c1-16-10-4-12-8-15(6-10)14-5-9-2-3-13-11(9)7-14/h4,6,9,11,13H,2-3,5,7-8H2,1H3/t9-,11+/m0/s1. The first-order chi connectivity index (χ1) is 7.86. The number of ether oxygens (including phenoxy) is 1. The second-order valence-corrected chi connectivity index (χ2v) is 4.61. The van der Waals surface area contributed by atoms with Crippen LogP contribution in [0.2, 0.25) is 0 Å². The van der Waals surface area contributed by atoms with Crippen molar-refractivity contribution in [2.75, 3.05) is 33.4 Å². The van der Waals surface area contributed by atoms with Crippen molar-refractivity contribution in [3.8, 4) is 0 Å². The molecule has 0 spiro atoms. The van der Waals surface area contributed by atoms with Gasteiger partial charge in [0.05, 0.1) is 19.5 Å². The molecule has 1 N–H and O–H groups in total. The molecular weight excluding hydrogens is 204 g/mol. The third-order valence-electron chi connectivity index (χ3n) is 3.66. The summed E-state index contributed by atoms with van der Waals surface area (Å²) in [6.07, 6.45) is 5.12. The Balaban J connectivity index is 1.66. The van der Waals surface area contributed by atoms with Gasteiger partial charge in [-0.25, -0.2) is 5.01 Å². The molecule has 0 bridgehead atoms. The zero-order valence-corrected chi connectivity index (χ0v) is 9.59. The average Bonchev–Trinajstić information content (AvgIpc) is 2.89. The first-order valence-corrected chi connectivity index (χ1v) is 5.87. The van der Waals surface area contributed by atoms with Gasteiger partial charge in [0.25, 0.3) is 0 Å². The summed E-state index contributed by atoms with van der Waals surface area (Å²) >= 11 is 0. The van der Waals surface area contributed by atoms with E-state index in [0.29, 0.717) is 12.7 Å². The summed E-state index contributed by atoms with van der Waals surface area (Å²) < 4.78 is 5.20. The monoisotopic (exact) mass is 222 g/mol. The highest BCUT2D eigenvalue weighted by Crippen LogP contribution is 2.26. The molecule has 2 saturated heterocycles. The number of methoxy groups -OCH3 is 1. The molecular formula is C11H18N4O. The smallest absolute Gasteiger partial charge is 0.154 e. The molecule has 2 fully saturated rings. The number of fused-ring (bicyclic) bond motifs is 1. The van der Waals surface area contributed by atoms with Gasteiger partial charge >= 0.3 is 0 Å². The Kier molecular flexibility index (Phi) is 2.57. The Morgan fingerprint density at radius 3 is 3.25 bits per heavy atom. The number of hydrazine groups is 1. The number of nitrogens with zero attached hydrogens (tertiary/aromatic N) is 3. The first kappa shape index (κ1) is 10.1. The fraction of sp³-hybridized carbons (Fsp3) is 0.727. The Morgan fingerprint density at radius 2 is 2.44 bits per heavy atom. The molecule has 2 atom stereocenters. The van der Waals surface area contributed by atoms with Crippen LogP contribution in [0.4, 0.5) is 0 Å². The summed E-state index contributed by atoms with van der Waals surface area (Å²) in [5, 5.41) is 8.09. The van der Waals surface area contributed by atoms with Gasteiger partial charge < -0.3 is 10.1 Å². The van der Waals surface area contributed by atoms with Gasteiger partial charge in [0.2, 0.25) is 0 Å². The molecule has 0 aliphatic carbocycles. The van der Waals surface area contributed by atoms with E-state index in [1.54, 1.807) is 13.3 Å². The predicted octanol–water partition coefficient (Wildman–Crippen LogP) is 0.0268. The van der Waals surface area contributed by atoms with Crippen molar-refractivity contribution in [2.24, 2.45) is 10.9 Å². The molecule has 0 amide bonds. The summed E-state index contributed by atoms with van der Waals surface area (Å²) in [4.78, 5) is 4.29. The van der Waals surface area contributed by atoms with Crippen molar-refractivity contribution in [1.29, 1.82) is 0 Å². The van der Waals surface area contributed by atoms with Crippen LogP contribution < -0.4 is 5.32 Å². The third kappa shape index (κ3) is 1.70. The molecule has 0 radical (unpaired) electrons. The highest BCUT2D eigenvalue weighted by Gasteiger charge is 2.37. The molecule has 3 rings (SSSR count). The SMILES string of the molecule is COC1=CN(N2C[C@@H]3CCN[C@@H]3C2)CN=C1. The van der Waals surface area contributed by atoms with Crippen molar-refractivity contribution in [2.45, 2.75) is 12.5 Å². The highest BCUT2D eigenvalue weighted by atomic mass is 16.5. The Bertz CT molecular complexity index is 316. The zero-order valence-electron chi connectivity index (χ0n) is 9.59. The lowest BCUT2D eigenvalue weighted by atomic mass is 10.1. The van der Waals surface area contributed by atoms with Crippen molar-refractivity contribution in [1.82, 2.24) is 15.3 Å². The maximum absolute atomic E-state index is 5.20. The summed E-state index contributed by atoms with van der Waals surface area (Å²) in [7, 11) is 1.68. The van der Waals surface area contributed by atoms with E-state index in [-0.39, 0.29) is 0 Å². The van der Waals surface area contributed by atoms with Crippen LogP contribution in [0.3, 0.4) is 0 Å². The molecule has 88 valence electrons. The van der Waals surface area contributed by atoms with Crippen molar-refractivity contribution >= 4 is 6.21 Å². The third-order valence-corrected chi connectivity index (χ3v) is 3.66. The topological polar surface area (TPSA) is 40.1 Å². The van der Waals surface area contributed by atoms with E-state index in [0.717, 1.165) is 24.8 Å². The number of rotatable bonds is 2. The molecule has 0 aromatic heterocycles. The minimum Gasteiger partial charge on any atom is -0.494 e. The van der Waals surface area contributed by atoms with Crippen LogP contribution in [0.25, 0.3) is 0 Å². The summed E-state index contributed by atoms with van der Waals surface area (Å²) in [6.45, 7) is 4.13. The van der Waals surface area contributed by atoms with E-state index in [1.807, 2.05) is 6.20 Å². The quantitative estimate of drug-likeness (QED) is 0.715. The van der Waals surface area contributed by atoms with E-state index in [9.17, 15) is 0 Å². The van der Waals surface area contributed by atoms with Crippen molar-refractivity contribution in [3.63, 3.8) is 0 Å². The molecule has 3 heterocycles. The number of hydrogen-bond acceptors (Lipinski definition) is 5. The van der Waals surface area contributed by atoms with E-state index in [2.05, 4.69) is 20.3 Å². The Labute approximate surface area is 95.7 Å².